The molecule has 0 atom stereocenters. The fourth-order valence-corrected chi connectivity index (χ4v) is 1.61. The lowest BCUT2D eigenvalue weighted by molar-refractivity contribution is 0.633. The zero-order valence-corrected chi connectivity index (χ0v) is 10.9. The van der Waals surface area contributed by atoms with Crippen LogP contribution in [0.5, 0.6) is 0 Å². The molecular formula is C12H22N4. The van der Waals surface area contributed by atoms with Crippen molar-refractivity contribution in [1.82, 2.24) is 9.97 Å². The van der Waals surface area contributed by atoms with Gasteiger partial charge in [0.1, 0.15) is 17.5 Å². The van der Waals surface area contributed by atoms with E-state index in [9.17, 15) is 0 Å². The van der Waals surface area contributed by atoms with Crippen LogP contribution in [0.15, 0.2) is 6.07 Å². The van der Waals surface area contributed by atoms with Crippen LogP contribution in [0.25, 0.3) is 0 Å². The molecule has 0 aliphatic carbocycles. The van der Waals surface area contributed by atoms with Crippen molar-refractivity contribution in [3.8, 4) is 0 Å². The third kappa shape index (κ3) is 3.36. The topological polar surface area (TPSA) is 41.1 Å². The first-order chi connectivity index (χ1) is 7.56. The van der Waals surface area contributed by atoms with E-state index in [0.29, 0.717) is 5.92 Å². The van der Waals surface area contributed by atoms with Gasteiger partial charge < -0.3 is 10.2 Å². The molecule has 1 aromatic rings. The lowest BCUT2D eigenvalue weighted by Gasteiger charge is -2.21. The summed E-state index contributed by atoms with van der Waals surface area (Å²) >= 11 is 0. The number of rotatable bonds is 5. The summed E-state index contributed by atoms with van der Waals surface area (Å²) in [6, 6.07) is 1.99. The van der Waals surface area contributed by atoms with Gasteiger partial charge in [-0.3, -0.25) is 0 Å². The van der Waals surface area contributed by atoms with Crippen molar-refractivity contribution in [2.75, 3.05) is 30.9 Å². The van der Waals surface area contributed by atoms with Crippen LogP contribution in [-0.4, -0.2) is 30.6 Å². The monoisotopic (exact) mass is 222 g/mol. The standard InChI is InChI=1S/C12H22N4/c1-6-10-14-11(13-4)7-12(15-10)16(5)8-9(2)3/h7,9H,6,8H2,1-5H3,(H,13,14,15). The largest absolute Gasteiger partial charge is 0.373 e. The number of aromatic nitrogens is 2. The van der Waals surface area contributed by atoms with Gasteiger partial charge in [-0.2, -0.15) is 0 Å². The second-order valence-electron chi connectivity index (χ2n) is 4.41. The first-order valence-electron chi connectivity index (χ1n) is 5.83. The second-order valence-corrected chi connectivity index (χ2v) is 4.41. The van der Waals surface area contributed by atoms with Crippen LogP contribution in [0.4, 0.5) is 11.6 Å². The number of hydrogen-bond donors (Lipinski definition) is 1. The summed E-state index contributed by atoms with van der Waals surface area (Å²) in [4.78, 5) is 11.1. The normalized spacial score (nSPS) is 10.6. The molecule has 4 heteroatoms. The van der Waals surface area contributed by atoms with Gasteiger partial charge in [-0.25, -0.2) is 9.97 Å². The van der Waals surface area contributed by atoms with E-state index in [1.807, 2.05) is 13.1 Å². The molecule has 0 aromatic carbocycles. The van der Waals surface area contributed by atoms with E-state index in [1.54, 1.807) is 0 Å². The molecule has 0 fully saturated rings. The van der Waals surface area contributed by atoms with Crippen molar-refractivity contribution in [3.63, 3.8) is 0 Å². The SMILES string of the molecule is CCc1nc(NC)cc(N(C)CC(C)C)n1. The summed E-state index contributed by atoms with van der Waals surface area (Å²) in [5, 5.41) is 3.07. The molecule has 1 aromatic heterocycles. The first-order valence-corrected chi connectivity index (χ1v) is 5.83. The Kier molecular flexibility index (Phi) is 4.52. The van der Waals surface area contributed by atoms with E-state index in [0.717, 1.165) is 30.4 Å². The van der Waals surface area contributed by atoms with Crippen LogP contribution in [-0.2, 0) is 6.42 Å². The van der Waals surface area contributed by atoms with E-state index < -0.39 is 0 Å². The average Bonchev–Trinajstić information content (AvgIpc) is 2.27. The molecule has 0 bridgehead atoms. The summed E-state index contributed by atoms with van der Waals surface area (Å²) in [5.41, 5.74) is 0. The van der Waals surface area contributed by atoms with Crippen molar-refractivity contribution >= 4 is 11.6 Å². The van der Waals surface area contributed by atoms with Gasteiger partial charge in [-0.1, -0.05) is 20.8 Å². The van der Waals surface area contributed by atoms with E-state index >= 15 is 0 Å². The number of nitrogens with one attached hydrogen (secondary N) is 1. The Morgan fingerprint density at radius 3 is 2.56 bits per heavy atom. The van der Waals surface area contributed by atoms with Crippen molar-refractivity contribution < 1.29 is 0 Å². The summed E-state index contributed by atoms with van der Waals surface area (Å²) < 4.78 is 0. The maximum absolute atomic E-state index is 4.53. The zero-order valence-electron chi connectivity index (χ0n) is 10.9. The zero-order chi connectivity index (χ0) is 12.1. The van der Waals surface area contributed by atoms with Gasteiger partial charge in [0, 0.05) is 33.1 Å². The fourth-order valence-electron chi connectivity index (χ4n) is 1.61. The highest BCUT2D eigenvalue weighted by molar-refractivity contribution is 5.48. The fraction of sp³-hybridized carbons (Fsp3) is 0.667. The highest BCUT2D eigenvalue weighted by Gasteiger charge is 2.08. The highest BCUT2D eigenvalue weighted by Crippen LogP contribution is 2.15. The lowest BCUT2D eigenvalue weighted by atomic mass is 10.2. The highest BCUT2D eigenvalue weighted by atomic mass is 15.2. The molecule has 16 heavy (non-hydrogen) atoms. The number of nitrogens with zero attached hydrogens (tertiary/aromatic N) is 3. The Morgan fingerprint density at radius 2 is 2.06 bits per heavy atom. The third-order valence-electron chi connectivity index (χ3n) is 2.36. The predicted molar refractivity (Wildman–Crippen MR) is 69.1 cm³/mol. The number of anilines is 2. The second kappa shape index (κ2) is 5.68. The smallest absolute Gasteiger partial charge is 0.134 e. The van der Waals surface area contributed by atoms with Crippen LogP contribution in [0.3, 0.4) is 0 Å². The third-order valence-corrected chi connectivity index (χ3v) is 2.36. The lowest BCUT2D eigenvalue weighted by Crippen LogP contribution is -2.24. The summed E-state index contributed by atoms with van der Waals surface area (Å²) in [7, 11) is 3.95. The maximum atomic E-state index is 4.53. The molecular weight excluding hydrogens is 200 g/mol. The van der Waals surface area contributed by atoms with Crippen LogP contribution in [0.1, 0.15) is 26.6 Å². The van der Waals surface area contributed by atoms with Crippen molar-refractivity contribution in [3.05, 3.63) is 11.9 Å². The molecule has 4 nitrogen and oxygen atoms in total. The molecule has 1 heterocycles. The van der Waals surface area contributed by atoms with E-state index in [2.05, 4.69) is 48.0 Å². The molecule has 0 unspecified atom stereocenters. The number of aryl methyl sites for hydroxylation is 1. The number of hydrogen-bond acceptors (Lipinski definition) is 4. The summed E-state index contributed by atoms with van der Waals surface area (Å²) in [6.45, 7) is 7.49. The van der Waals surface area contributed by atoms with Crippen LogP contribution < -0.4 is 10.2 Å². The van der Waals surface area contributed by atoms with E-state index in [1.165, 1.54) is 0 Å². The molecule has 0 amide bonds. The van der Waals surface area contributed by atoms with E-state index in [-0.39, 0.29) is 0 Å². The van der Waals surface area contributed by atoms with E-state index in [4.69, 9.17) is 0 Å². The Balaban J connectivity index is 2.93. The molecule has 0 aliphatic heterocycles. The van der Waals surface area contributed by atoms with Gasteiger partial charge in [0.2, 0.25) is 0 Å². The maximum Gasteiger partial charge on any atom is 0.134 e. The quantitative estimate of drug-likeness (QED) is 0.829. The first kappa shape index (κ1) is 12.7. The Bertz CT molecular complexity index is 314. The van der Waals surface area contributed by atoms with Gasteiger partial charge in [0.25, 0.3) is 0 Å². The molecule has 90 valence electrons. The molecule has 0 spiro atoms. The minimum Gasteiger partial charge on any atom is -0.373 e. The predicted octanol–water partition coefficient (Wildman–Crippen LogP) is 2.17. The Morgan fingerprint density at radius 1 is 1.38 bits per heavy atom. The van der Waals surface area contributed by atoms with Gasteiger partial charge in [-0.05, 0) is 5.92 Å². The van der Waals surface area contributed by atoms with Crippen LogP contribution in [0.2, 0.25) is 0 Å². The molecule has 0 radical (unpaired) electrons. The Labute approximate surface area is 98.1 Å². The molecule has 1 rings (SSSR count). The molecule has 0 saturated heterocycles. The van der Waals surface area contributed by atoms with Crippen LogP contribution in [0, 0.1) is 5.92 Å². The minimum absolute atomic E-state index is 0.628. The van der Waals surface area contributed by atoms with Crippen molar-refractivity contribution in [2.45, 2.75) is 27.2 Å². The molecule has 0 aliphatic rings. The average molecular weight is 222 g/mol. The van der Waals surface area contributed by atoms with Crippen molar-refractivity contribution in [1.29, 1.82) is 0 Å². The minimum atomic E-state index is 0.628. The molecule has 0 saturated carbocycles. The van der Waals surface area contributed by atoms with Gasteiger partial charge >= 0.3 is 0 Å². The summed E-state index contributed by atoms with van der Waals surface area (Å²) in [6.07, 6.45) is 0.859. The Hall–Kier alpha value is -1.32. The molecule has 1 N–H and O–H groups in total. The van der Waals surface area contributed by atoms with Gasteiger partial charge in [0.15, 0.2) is 0 Å². The van der Waals surface area contributed by atoms with Gasteiger partial charge in [-0.15, -0.1) is 0 Å². The van der Waals surface area contributed by atoms with Crippen LogP contribution >= 0.6 is 0 Å². The summed E-state index contributed by atoms with van der Waals surface area (Å²) in [5.74, 6) is 3.39. The van der Waals surface area contributed by atoms with Gasteiger partial charge in [0.05, 0.1) is 0 Å². The van der Waals surface area contributed by atoms with Crippen molar-refractivity contribution in [2.24, 2.45) is 5.92 Å².